The lowest BCUT2D eigenvalue weighted by molar-refractivity contribution is -0.137. The molecule has 2 aromatic heterocycles. The van der Waals surface area contributed by atoms with Crippen molar-refractivity contribution in [3.63, 3.8) is 0 Å². The van der Waals surface area contributed by atoms with Crippen molar-refractivity contribution >= 4 is 17.6 Å². The van der Waals surface area contributed by atoms with E-state index in [2.05, 4.69) is 20.6 Å². The molecule has 0 spiro atoms. The zero-order valence-corrected chi connectivity index (χ0v) is 10.1. The van der Waals surface area contributed by atoms with Gasteiger partial charge in [-0.1, -0.05) is 5.21 Å². The molecule has 0 bridgehead atoms. The van der Waals surface area contributed by atoms with Crippen molar-refractivity contribution < 1.29 is 14.7 Å². The molecule has 0 aliphatic heterocycles. The van der Waals surface area contributed by atoms with Crippen LogP contribution in [0.2, 0.25) is 0 Å². The van der Waals surface area contributed by atoms with E-state index >= 15 is 0 Å². The number of pyridine rings is 1. The number of carboxylic acids is 1. The molecule has 0 radical (unpaired) electrons. The minimum Gasteiger partial charge on any atom is -0.480 e. The first-order valence-electron chi connectivity index (χ1n) is 5.41. The molecule has 8 nitrogen and oxygen atoms in total. The Bertz CT molecular complexity index is 622. The van der Waals surface area contributed by atoms with Gasteiger partial charge in [-0.2, -0.15) is 0 Å². The molecule has 2 aromatic rings. The number of aryl methyl sites for hydroxylation is 1. The first kappa shape index (κ1) is 12.7. The fourth-order valence-corrected chi connectivity index (χ4v) is 1.42. The lowest BCUT2D eigenvalue weighted by atomic mass is 10.3. The average molecular weight is 261 g/mol. The summed E-state index contributed by atoms with van der Waals surface area (Å²) >= 11 is 0. The molecule has 0 unspecified atom stereocenters. The minimum absolute atomic E-state index is 0.0458. The number of nitrogens with one attached hydrogen (secondary N) is 1. The number of rotatable bonds is 4. The summed E-state index contributed by atoms with van der Waals surface area (Å²) in [5, 5.41) is 18.4. The van der Waals surface area contributed by atoms with E-state index in [9.17, 15) is 9.59 Å². The van der Waals surface area contributed by atoms with Crippen LogP contribution in [0, 0.1) is 6.92 Å². The van der Waals surface area contributed by atoms with Gasteiger partial charge in [-0.25, -0.2) is 4.68 Å². The quantitative estimate of drug-likeness (QED) is 0.820. The summed E-state index contributed by atoms with van der Waals surface area (Å²) in [5.74, 6) is -1.52. The van der Waals surface area contributed by atoms with Crippen LogP contribution in [-0.4, -0.2) is 37.0 Å². The Hall–Kier alpha value is -2.77. The third-order valence-corrected chi connectivity index (χ3v) is 2.32. The lowest BCUT2D eigenvalue weighted by Crippen LogP contribution is -2.13. The van der Waals surface area contributed by atoms with Crippen LogP contribution in [0.3, 0.4) is 0 Å². The second-order valence-corrected chi connectivity index (χ2v) is 3.79. The molecule has 8 heteroatoms. The van der Waals surface area contributed by atoms with Crippen LogP contribution in [0.5, 0.6) is 0 Å². The molecule has 0 aromatic carbocycles. The molecule has 1 amide bonds. The average Bonchev–Trinajstić information content (AvgIpc) is 2.79. The van der Waals surface area contributed by atoms with E-state index in [1.807, 2.05) is 0 Å². The fourth-order valence-electron chi connectivity index (χ4n) is 1.42. The van der Waals surface area contributed by atoms with E-state index in [0.717, 1.165) is 4.68 Å². The van der Waals surface area contributed by atoms with Crippen LogP contribution in [0.25, 0.3) is 0 Å². The zero-order chi connectivity index (χ0) is 13.8. The molecule has 0 saturated carbocycles. The van der Waals surface area contributed by atoms with Gasteiger partial charge in [0.15, 0.2) is 5.69 Å². The summed E-state index contributed by atoms with van der Waals surface area (Å²) in [6.45, 7) is 1.42. The molecule has 0 fully saturated rings. The second-order valence-electron chi connectivity index (χ2n) is 3.79. The van der Waals surface area contributed by atoms with Gasteiger partial charge in [0, 0.05) is 6.20 Å². The van der Waals surface area contributed by atoms with Gasteiger partial charge >= 0.3 is 5.97 Å². The third-order valence-electron chi connectivity index (χ3n) is 2.32. The highest BCUT2D eigenvalue weighted by Gasteiger charge is 2.13. The first-order valence-corrected chi connectivity index (χ1v) is 5.41. The standard InChI is InChI=1S/C11H11N5O3/c1-7-8(3-2-4-12-7)13-11(19)9-5-16(15-14-9)6-10(17)18/h2-5H,6H2,1H3,(H,13,19)(H,17,18). The van der Waals surface area contributed by atoms with Crippen molar-refractivity contribution in [1.82, 2.24) is 20.0 Å². The van der Waals surface area contributed by atoms with Gasteiger partial charge in [0.05, 0.1) is 17.6 Å². The summed E-state index contributed by atoms with van der Waals surface area (Å²) < 4.78 is 1.08. The van der Waals surface area contributed by atoms with Crippen molar-refractivity contribution in [1.29, 1.82) is 0 Å². The Kier molecular flexibility index (Phi) is 3.51. The molecule has 2 heterocycles. The van der Waals surface area contributed by atoms with Crippen molar-refractivity contribution in [2.45, 2.75) is 13.5 Å². The summed E-state index contributed by atoms with van der Waals surface area (Å²) in [6.07, 6.45) is 2.89. The summed E-state index contributed by atoms with van der Waals surface area (Å²) in [4.78, 5) is 26.4. The van der Waals surface area contributed by atoms with Crippen LogP contribution in [-0.2, 0) is 11.3 Å². The number of hydrogen-bond donors (Lipinski definition) is 2. The Labute approximate surface area is 108 Å². The van der Waals surface area contributed by atoms with Gasteiger partial charge < -0.3 is 10.4 Å². The molecule has 0 aliphatic rings. The minimum atomic E-state index is -1.06. The van der Waals surface area contributed by atoms with Crippen LogP contribution in [0.4, 0.5) is 5.69 Å². The number of hydrogen-bond acceptors (Lipinski definition) is 5. The number of aromatic nitrogens is 4. The molecule has 0 atom stereocenters. The summed E-state index contributed by atoms with van der Waals surface area (Å²) in [5.41, 5.74) is 1.29. The molecule has 19 heavy (non-hydrogen) atoms. The molecule has 2 rings (SSSR count). The van der Waals surface area contributed by atoms with Crippen LogP contribution < -0.4 is 5.32 Å². The fraction of sp³-hybridized carbons (Fsp3) is 0.182. The van der Waals surface area contributed by atoms with Crippen LogP contribution >= 0.6 is 0 Å². The molecule has 98 valence electrons. The maximum absolute atomic E-state index is 11.9. The SMILES string of the molecule is Cc1ncccc1NC(=O)c1cn(CC(=O)O)nn1. The normalized spacial score (nSPS) is 10.2. The van der Waals surface area contributed by atoms with Crippen molar-refractivity contribution in [3.8, 4) is 0 Å². The number of amides is 1. The highest BCUT2D eigenvalue weighted by atomic mass is 16.4. The van der Waals surface area contributed by atoms with Gasteiger partial charge in [0.2, 0.25) is 0 Å². The van der Waals surface area contributed by atoms with Crippen LogP contribution in [0.1, 0.15) is 16.2 Å². The second kappa shape index (κ2) is 5.25. The highest BCUT2D eigenvalue weighted by Crippen LogP contribution is 2.11. The predicted molar refractivity (Wildman–Crippen MR) is 64.6 cm³/mol. The van der Waals surface area contributed by atoms with Crippen molar-refractivity contribution in [2.75, 3.05) is 5.32 Å². The van der Waals surface area contributed by atoms with E-state index in [4.69, 9.17) is 5.11 Å². The number of carbonyl (C=O) groups is 2. The Morgan fingerprint density at radius 2 is 2.26 bits per heavy atom. The van der Waals surface area contributed by atoms with E-state index in [1.165, 1.54) is 6.20 Å². The Balaban J connectivity index is 2.10. The number of aliphatic carboxylic acids is 1. The van der Waals surface area contributed by atoms with Gasteiger partial charge in [0.1, 0.15) is 6.54 Å². The zero-order valence-electron chi connectivity index (χ0n) is 10.1. The third kappa shape index (κ3) is 3.12. The Morgan fingerprint density at radius 3 is 2.95 bits per heavy atom. The number of carboxylic acid groups (broad SMARTS) is 1. The van der Waals surface area contributed by atoms with Gasteiger partial charge in [-0.3, -0.25) is 14.6 Å². The Morgan fingerprint density at radius 1 is 1.47 bits per heavy atom. The monoisotopic (exact) mass is 261 g/mol. The number of carbonyl (C=O) groups excluding carboxylic acids is 1. The maximum Gasteiger partial charge on any atom is 0.325 e. The highest BCUT2D eigenvalue weighted by molar-refractivity contribution is 6.02. The van der Waals surface area contributed by atoms with E-state index < -0.39 is 11.9 Å². The van der Waals surface area contributed by atoms with Crippen molar-refractivity contribution in [2.24, 2.45) is 0 Å². The summed E-state index contributed by atoms with van der Waals surface area (Å²) in [7, 11) is 0. The largest absolute Gasteiger partial charge is 0.480 e. The predicted octanol–water partition coefficient (Wildman–Crippen LogP) is 0.318. The van der Waals surface area contributed by atoms with Gasteiger partial charge in [0.25, 0.3) is 5.91 Å². The van der Waals surface area contributed by atoms with E-state index in [-0.39, 0.29) is 12.2 Å². The molecule has 2 N–H and O–H groups in total. The van der Waals surface area contributed by atoms with Crippen LogP contribution in [0.15, 0.2) is 24.5 Å². The number of anilines is 1. The summed E-state index contributed by atoms with van der Waals surface area (Å²) in [6, 6.07) is 3.41. The van der Waals surface area contributed by atoms with E-state index in [1.54, 1.807) is 25.3 Å². The molecular formula is C11H11N5O3. The van der Waals surface area contributed by atoms with Gasteiger partial charge in [-0.05, 0) is 19.1 Å². The van der Waals surface area contributed by atoms with E-state index in [0.29, 0.717) is 11.4 Å². The molecule has 0 saturated heterocycles. The molecular weight excluding hydrogens is 250 g/mol. The molecule has 0 aliphatic carbocycles. The maximum atomic E-state index is 11.9. The smallest absolute Gasteiger partial charge is 0.325 e. The topological polar surface area (TPSA) is 110 Å². The lowest BCUT2D eigenvalue weighted by Gasteiger charge is -2.04. The van der Waals surface area contributed by atoms with Gasteiger partial charge in [-0.15, -0.1) is 5.10 Å². The van der Waals surface area contributed by atoms with Crippen molar-refractivity contribution in [3.05, 3.63) is 35.9 Å². The first-order chi connectivity index (χ1) is 9.06. The number of nitrogens with zero attached hydrogens (tertiary/aromatic N) is 4.